The van der Waals surface area contributed by atoms with Gasteiger partial charge in [-0.15, -0.1) is 0 Å². The highest BCUT2D eigenvalue weighted by molar-refractivity contribution is 6.11. The predicted octanol–water partition coefficient (Wildman–Crippen LogP) is 4.23. The third kappa shape index (κ3) is 2.39. The van der Waals surface area contributed by atoms with Crippen molar-refractivity contribution in [2.75, 3.05) is 0 Å². The van der Waals surface area contributed by atoms with Crippen molar-refractivity contribution < 1.29 is 19.1 Å². The van der Waals surface area contributed by atoms with Gasteiger partial charge in [0, 0.05) is 24.8 Å². The summed E-state index contributed by atoms with van der Waals surface area (Å²) in [6.07, 6.45) is 4.52. The number of hydrogen-bond donors (Lipinski definition) is 0. The maximum Gasteiger partial charge on any atom is 0.331 e. The van der Waals surface area contributed by atoms with Gasteiger partial charge in [-0.3, -0.25) is 9.59 Å². The van der Waals surface area contributed by atoms with E-state index in [1.807, 2.05) is 44.2 Å². The van der Waals surface area contributed by atoms with Crippen LogP contribution in [0.1, 0.15) is 52.5 Å². The molecule has 4 fully saturated rings. The lowest BCUT2D eigenvalue weighted by Crippen LogP contribution is -2.68. The second kappa shape index (κ2) is 6.13. The smallest absolute Gasteiger partial charge is 0.331 e. The predicted molar refractivity (Wildman–Crippen MR) is 106 cm³/mol. The number of carbonyl (C=O) groups excluding carboxylic acids is 3. The molecular formula is C24H28O4. The maximum atomic E-state index is 12.9. The van der Waals surface area contributed by atoms with Crippen molar-refractivity contribution in [2.45, 2.75) is 53.1 Å². The number of esters is 1. The van der Waals surface area contributed by atoms with Crippen LogP contribution in [-0.4, -0.2) is 23.6 Å². The van der Waals surface area contributed by atoms with E-state index in [1.165, 1.54) is 6.08 Å². The van der Waals surface area contributed by atoms with Crippen LogP contribution in [0.3, 0.4) is 0 Å². The molecule has 1 aromatic carbocycles. The molecule has 4 saturated carbocycles. The van der Waals surface area contributed by atoms with Gasteiger partial charge in [-0.05, 0) is 41.7 Å². The molecule has 3 unspecified atom stereocenters. The highest BCUT2D eigenvalue weighted by Gasteiger charge is 2.75. The van der Waals surface area contributed by atoms with Gasteiger partial charge in [0.05, 0.1) is 5.41 Å². The molecule has 5 rings (SSSR count). The van der Waals surface area contributed by atoms with Crippen molar-refractivity contribution in [1.29, 1.82) is 0 Å². The number of ether oxygens (including phenoxy) is 1. The topological polar surface area (TPSA) is 60.4 Å². The average Bonchev–Trinajstić information content (AvgIpc) is 2.89. The van der Waals surface area contributed by atoms with Gasteiger partial charge in [-0.2, -0.15) is 0 Å². The lowest BCUT2D eigenvalue weighted by atomic mass is 9.38. The number of benzene rings is 1. The van der Waals surface area contributed by atoms with E-state index in [2.05, 4.69) is 6.92 Å². The van der Waals surface area contributed by atoms with Crippen LogP contribution in [0.5, 0.6) is 0 Å². The summed E-state index contributed by atoms with van der Waals surface area (Å²) in [5.41, 5.74) is -0.940. The molecule has 0 amide bonds. The molecule has 0 aliphatic heterocycles. The fraction of sp³-hybridized carbons (Fsp3) is 0.542. The Morgan fingerprint density at radius 2 is 1.68 bits per heavy atom. The minimum Gasteiger partial charge on any atom is -0.459 e. The van der Waals surface area contributed by atoms with E-state index < -0.39 is 10.8 Å². The molecule has 4 aliphatic rings. The van der Waals surface area contributed by atoms with Crippen molar-refractivity contribution in [3.8, 4) is 0 Å². The van der Waals surface area contributed by atoms with Crippen molar-refractivity contribution in [2.24, 2.45) is 28.1 Å². The van der Waals surface area contributed by atoms with Crippen LogP contribution in [-0.2, 0) is 19.1 Å². The second-order valence-electron chi connectivity index (χ2n) is 9.61. The van der Waals surface area contributed by atoms with Gasteiger partial charge in [-0.1, -0.05) is 51.1 Å². The second-order valence-corrected chi connectivity index (χ2v) is 9.61. The molecule has 4 aliphatic carbocycles. The van der Waals surface area contributed by atoms with Crippen molar-refractivity contribution >= 4 is 23.6 Å². The first-order valence-corrected chi connectivity index (χ1v) is 10.1. The van der Waals surface area contributed by atoms with Crippen molar-refractivity contribution in [3.63, 3.8) is 0 Å². The summed E-state index contributed by atoms with van der Waals surface area (Å²) < 4.78 is 5.92. The number of Topliss-reactive ketones (excluding diaryl/α,β-unsaturated/α-hetero) is 2. The summed E-state index contributed by atoms with van der Waals surface area (Å²) in [5.74, 6) is -0.0475. The Morgan fingerprint density at radius 3 is 2.29 bits per heavy atom. The molecule has 4 nitrogen and oxygen atoms in total. The largest absolute Gasteiger partial charge is 0.459 e. The van der Waals surface area contributed by atoms with E-state index in [0.29, 0.717) is 19.3 Å². The van der Waals surface area contributed by atoms with Crippen LogP contribution in [0.15, 0.2) is 36.4 Å². The fourth-order valence-electron chi connectivity index (χ4n) is 6.38. The molecule has 0 saturated heterocycles. The van der Waals surface area contributed by atoms with Gasteiger partial charge >= 0.3 is 5.97 Å². The minimum absolute atomic E-state index is 0.0180. The molecule has 2 bridgehead atoms. The quantitative estimate of drug-likeness (QED) is 0.447. The highest BCUT2D eigenvalue weighted by atomic mass is 16.5. The third-order valence-corrected chi connectivity index (χ3v) is 8.20. The van der Waals surface area contributed by atoms with Crippen molar-refractivity contribution in [3.05, 3.63) is 42.0 Å². The van der Waals surface area contributed by atoms with Crippen LogP contribution >= 0.6 is 0 Å². The van der Waals surface area contributed by atoms with Gasteiger partial charge in [0.2, 0.25) is 0 Å². The SMILES string of the molecule is CC1CC(OC(=O)C=Cc2ccccc2)C2C13CC(=O)C(C)(C(=O)C3)C2(C)C. The molecular weight excluding hydrogens is 352 g/mol. The van der Waals surface area contributed by atoms with Crippen LogP contribution in [0.2, 0.25) is 0 Å². The normalized spacial score (nSPS) is 38.6. The highest BCUT2D eigenvalue weighted by Crippen LogP contribution is 2.72. The molecule has 1 aromatic rings. The average molecular weight is 380 g/mol. The van der Waals surface area contributed by atoms with E-state index in [-0.39, 0.29) is 40.9 Å². The number of hydrogen-bond acceptors (Lipinski definition) is 4. The van der Waals surface area contributed by atoms with Gasteiger partial charge in [-0.25, -0.2) is 4.79 Å². The van der Waals surface area contributed by atoms with Crippen LogP contribution in [0.4, 0.5) is 0 Å². The zero-order valence-corrected chi connectivity index (χ0v) is 17.0. The maximum absolute atomic E-state index is 12.9. The molecule has 0 aromatic heterocycles. The zero-order chi connectivity index (χ0) is 20.3. The van der Waals surface area contributed by atoms with E-state index in [1.54, 1.807) is 13.0 Å². The van der Waals surface area contributed by atoms with Crippen LogP contribution in [0.25, 0.3) is 6.08 Å². The number of ketones is 2. The van der Waals surface area contributed by atoms with E-state index >= 15 is 0 Å². The molecule has 3 atom stereocenters. The molecule has 28 heavy (non-hydrogen) atoms. The van der Waals surface area contributed by atoms with Crippen LogP contribution < -0.4 is 0 Å². The monoisotopic (exact) mass is 380 g/mol. The Kier molecular flexibility index (Phi) is 4.18. The lowest BCUT2D eigenvalue weighted by molar-refractivity contribution is -0.194. The van der Waals surface area contributed by atoms with Crippen LogP contribution in [0, 0.1) is 28.1 Å². The molecule has 1 spiro atoms. The molecule has 148 valence electrons. The lowest BCUT2D eigenvalue weighted by Gasteiger charge is -2.63. The minimum atomic E-state index is -0.978. The fourth-order valence-corrected chi connectivity index (χ4v) is 6.38. The standard InChI is InChI=1S/C24H28O4/c1-15-12-17(28-20(27)11-10-16-8-6-5-7-9-16)21-22(2,3)23(4)18(25)13-24(15,21)14-19(23)26/h5-11,15,17,21H,12-14H2,1-4H3. The van der Waals surface area contributed by atoms with E-state index in [9.17, 15) is 14.4 Å². The molecule has 0 radical (unpaired) electrons. The first-order chi connectivity index (χ1) is 13.1. The first kappa shape index (κ1) is 19.1. The number of carbonyl (C=O) groups is 3. The van der Waals surface area contributed by atoms with Gasteiger partial charge in [0.25, 0.3) is 0 Å². The van der Waals surface area contributed by atoms with E-state index in [4.69, 9.17) is 4.74 Å². The Hall–Kier alpha value is -2.23. The summed E-state index contributed by atoms with van der Waals surface area (Å²) in [5, 5.41) is 0. The summed E-state index contributed by atoms with van der Waals surface area (Å²) >= 11 is 0. The molecule has 0 N–H and O–H groups in total. The summed E-state index contributed by atoms with van der Waals surface area (Å²) in [7, 11) is 0. The van der Waals surface area contributed by atoms with Gasteiger partial charge in [0.1, 0.15) is 17.7 Å². The number of fused-ring (bicyclic) bond motifs is 2. The molecule has 4 heteroatoms. The molecule has 0 heterocycles. The Bertz CT molecular complexity index is 846. The first-order valence-electron chi connectivity index (χ1n) is 10.1. The number of rotatable bonds is 3. The third-order valence-electron chi connectivity index (χ3n) is 8.20. The Labute approximate surface area is 166 Å². The van der Waals surface area contributed by atoms with Crippen molar-refractivity contribution in [1.82, 2.24) is 0 Å². The van der Waals surface area contributed by atoms with E-state index in [0.717, 1.165) is 5.56 Å². The Morgan fingerprint density at radius 1 is 1.07 bits per heavy atom. The van der Waals surface area contributed by atoms with Gasteiger partial charge in [0.15, 0.2) is 0 Å². The van der Waals surface area contributed by atoms with Gasteiger partial charge < -0.3 is 4.74 Å². The zero-order valence-electron chi connectivity index (χ0n) is 17.0. The summed E-state index contributed by atoms with van der Waals surface area (Å²) in [6, 6.07) is 9.63. The summed E-state index contributed by atoms with van der Waals surface area (Å²) in [4.78, 5) is 38.4. The summed E-state index contributed by atoms with van der Waals surface area (Å²) in [6.45, 7) is 7.93. The Balaban J connectivity index is 1.61.